The lowest BCUT2D eigenvalue weighted by Crippen LogP contribution is -2.31. The molecule has 5 heteroatoms. The standard InChI is InChI=1S/C17H18N4O/c1-20-7-2-4-14(20)12-21-8-6-15-13(11-21)10-18-17(19-15)16-5-3-9-22-16/h2-5,7,9-10H,6,8,11-12H2,1H3. The summed E-state index contributed by atoms with van der Waals surface area (Å²) in [7, 11) is 2.09. The van der Waals surface area contributed by atoms with E-state index in [0.717, 1.165) is 37.5 Å². The number of rotatable bonds is 3. The van der Waals surface area contributed by atoms with Crippen molar-refractivity contribution in [1.82, 2.24) is 19.4 Å². The third kappa shape index (κ3) is 2.44. The van der Waals surface area contributed by atoms with Crippen molar-refractivity contribution in [3.8, 4) is 11.6 Å². The molecule has 0 aromatic carbocycles. The number of nitrogens with zero attached hydrogens (tertiary/aromatic N) is 4. The first kappa shape index (κ1) is 13.3. The maximum Gasteiger partial charge on any atom is 0.195 e. The van der Waals surface area contributed by atoms with E-state index in [2.05, 4.69) is 44.8 Å². The average Bonchev–Trinajstić information content (AvgIpc) is 3.19. The average molecular weight is 294 g/mol. The van der Waals surface area contributed by atoms with Crippen molar-refractivity contribution in [2.75, 3.05) is 6.54 Å². The molecule has 0 amide bonds. The molecule has 112 valence electrons. The highest BCUT2D eigenvalue weighted by atomic mass is 16.3. The van der Waals surface area contributed by atoms with Gasteiger partial charge in [-0.15, -0.1) is 0 Å². The molecule has 0 bridgehead atoms. The molecule has 3 aromatic rings. The van der Waals surface area contributed by atoms with Gasteiger partial charge in [-0.05, 0) is 24.3 Å². The molecule has 1 aliphatic rings. The highest BCUT2D eigenvalue weighted by molar-refractivity contribution is 5.46. The zero-order valence-corrected chi connectivity index (χ0v) is 12.6. The summed E-state index contributed by atoms with van der Waals surface area (Å²) < 4.78 is 7.55. The molecule has 3 aromatic heterocycles. The maximum atomic E-state index is 5.38. The van der Waals surface area contributed by atoms with Crippen molar-refractivity contribution in [3.05, 3.63) is 59.9 Å². The van der Waals surface area contributed by atoms with Crippen LogP contribution in [0.2, 0.25) is 0 Å². The lowest BCUT2D eigenvalue weighted by Gasteiger charge is -2.28. The van der Waals surface area contributed by atoms with Gasteiger partial charge in [-0.3, -0.25) is 4.90 Å². The van der Waals surface area contributed by atoms with Crippen molar-refractivity contribution in [3.63, 3.8) is 0 Å². The molecule has 0 radical (unpaired) electrons. The number of aromatic nitrogens is 3. The van der Waals surface area contributed by atoms with Gasteiger partial charge in [0.05, 0.1) is 12.0 Å². The van der Waals surface area contributed by atoms with E-state index in [1.54, 1.807) is 6.26 Å². The largest absolute Gasteiger partial charge is 0.461 e. The van der Waals surface area contributed by atoms with Gasteiger partial charge in [0.2, 0.25) is 0 Å². The topological polar surface area (TPSA) is 47.1 Å². The van der Waals surface area contributed by atoms with E-state index in [-0.39, 0.29) is 0 Å². The molecule has 4 rings (SSSR count). The van der Waals surface area contributed by atoms with Gasteiger partial charge in [-0.2, -0.15) is 0 Å². The van der Waals surface area contributed by atoms with Crippen LogP contribution in [0.25, 0.3) is 11.6 Å². The van der Waals surface area contributed by atoms with Crippen LogP contribution in [0.15, 0.2) is 47.3 Å². The fourth-order valence-corrected chi connectivity index (χ4v) is 2.92. The molecule has 0 N–H and O–H groups in total. The molecule has 0 spiro atoms. The summed E-state index contributed by atoms with van der Waals surface area (Å²) in [5.74, 6) is 1.41. The second-order valence-electron chi connectivity index (χ2n) is 5.71. The van der Waals surface area contributed by atoms with Crippen molar-refractivity contribution in [2.24, 2.45) is 7.05 Å². The van der Waals surface area contributed by atoms with Gasteiger partial charge in [0.15, 0.2) is 11.6 Å². The Morgan fingerprint density at radius 3 is 3.00 bits per heavy atom. The Balaban J connectivity index is 1.53. The fraction of sp³-hybridized carbons (Fsp3) is 0.294. The summed E-state index contributed by atoms with van der Waals surface area (Å²) in [6, 6.07) is 8.02. The van der Waals surface area contributed by atoms with E-state index >= 15 is 0 Å². The molecule has 0 fully saturated rings. The summed E-state index contributed by atoms with van der Waals surface area (Å²) in [6.45, 7) is 2.88. The second-order valence-corrected chi connectivity index (χ2v) is 5.71. The fourth-order valence-electron chi connectivity index (χ4n) is 2.92. The van der Waals surface area contributed by atoms with Gasteiger partial charge < -0.3 is 8.98 Å². The Kier molecular flexibility index (Phi) is 3.27. The minimum Gasteiger partial charge on any atom is -0.461 e. The lowest BCUT2D eigenvalue weighted by atomic mass is 10.1. The molecule has 0 saturated carbocycles. The monoisotopic (exact) mass is 294 g/mol. The highest BCUT2D eigenvalue weighted by Gasteiger charge is 2.19. The first-order valence-corrected chi connectivity index (χ1v) is 7.51. The smallest absolute Gasteiger partial charge is 0.195 e. The predicted octanol–water partition coefficient (Wildman–Crippen LogP) is 2.63. The molecule has 22 heavy (non-hydrogen) atoms. The van der Waals surface area contributed by atoms with E-state index < -0.39 is 0 Å². The van der Waals surface area contributed by atoms with Crippen LogP contribution in [0.3, 0.4) is 0 Å². The van der Waals surface area contributed by atoms with E-state index in [1.165, 1.54) is 11.3 Å². The van der Waals surface area contributed by atoms with Crippen LogP contribution in [0.1, 0.15) is 17.0 Å². The van der Waals surface area contributed by atoms with Crippen LogP contribution in [0.5, 0.6) is 0 Å². The van der Waals surface area contributed by atoms with Crippen molar-refractivity contribution < 1.29 is 4.42 Å². The van der Waals surface area contributed by atoms with Crippen LogP contribution >= 0.6 is 0 Å². The summed E-state index contributed by atoms with van der Waals surface area (Å²) in [4.78, 5) is 11.6. The Labute approximate surface area is 129 Å². The highest BCUT2D eigenvalue weighted by Crippen LogP contribution is 2.22. The predicted molar refractivity (Wildman–Crippen MR) is 83.0 cm³/mol. The number of hydrogen-bond acceptors (Lipinski definition) is 4. The Morgan fingerprint density at radius 1 is 1.27 bits per heavy atom. The molecule has 0 unspecified atom stereocenters. The normalized spacial score (nSPS) is 15.0. The van der Waals surface area contributed by atoms with Crippen LogP contribution < -0.4 is 0 Å². The molecular formula is C17H18N4O. The lowest BCUT2D eigenvalue weighted by molar-refractivity contribution is 0.238. The van der Waals surface area contributed by atoms with Gasteiger partial charge in [-0.25, -0.2) is 9.97 Å². The summed E-state index contributed by atoms with van der Waals surface area (Å²) in [5.41, 5.74) is 3.69. The number of hydrogen-bond donors (Lipinski definition) is 0. The van der Waals surface area contributed by atoms with Crippen molar-refractivity contribution in [2.45, 2.75) is 19.5 Å². The van der Waals surface area contributed by atoms with Crippen LogP contribution in [-0.2, 0) is 26.6 Å². The number of furan rings is 1. The zero-order chi connectivity index (χ0) is 14.9. The third-order valence-corrected chi connectivity index (χ3v) is 4.19. The van der Waals surface area contributed by atoms with Gasteiger partial charge in [0, 0.05) is 56.8 Å². The first-order valence-electron chi connectivity index (χ1n) is 7.51. The molecule has 5 nitrogen and oxygen atoms in total. The Hall–Kier alpha value is -2.40. The van der Waals surface area contributed by atoms with Gasteiger partial charge in [-0.1, -0.05) is 0 Å². The Bertz CT molecular complexity index is 776. The molecule has 4 heterocycles. The van der Waals surface area contributed by atoms with E-state index in [9.17, 15) is 0 Å². The van der Waals surface area contributed by atoms with Crippen molar-refractivity contribution >= 4 is 0 Å². The molecule has 0 saturated heterocycles. The van der Waals surface area contributed by atoms with Gasteiger partial charge in [0.1, 0.15) is 0 Å². The minimum absolute atomic E-state index is 0.680. The molecular weight excluding hydrogens is 276 g/mol. The summed E-state index contributed by atoms with van der Waals surface area (Å²) in [6.07, 6.45) is 6.64. The van der Waals surface area contributed by atoms with Crippen LogP contribution in [0.4, 0.5) is 0 Å². The quantitative estimate of drug-likeness (QED) is 0.745. The second kappa shape index (κ2) is 5.42. The van der Waals surface area contributed by atoms with Crippen LogP contribution in [0, 0.1) is 0 Å². The van der Waals surface area contributed by atoms with Gasteiger partial charge >= 0.3 is 0 Å². The maximum absolute atomic E-state index is 5.38. The van der Waals surface area contributed by atoms with E-state index in [0.29, 0.717) is 5.82 Å². The molecule has 0 atom stereocenters. The van der Waals surface area contributed by atoms with Crippen LogP contribution in [-0.4, -0.2) is 26.0 Å². The minimum atomic E-state index is 0.680. The number of aryl methyl sites for hydroxylation is 1. The zero-order valence-electron chi connectivity index (χ0n) is 12.6. The van der Waals surface area contributed by atoms with E-state index in [4.69, 9.17) is 4.42 Å². The SMILES string of the molecule is Cn1cccc1CN1CCc2nc(-c3ccco3)ncc2C1. The Morgan fingerprint density at radius 2 is 2.23 bits per heavy atom. The summed E-state index contributed by atoms with van der Waals surface area (Å²) in [5, 5.41) is 0. The van der Waals surface area contributed by atoms with Gasteiger partial charge in [0.25, 0.3) is 0 Å². The van der Waals surface area contributed by atoms with E-state index in [1.807, 2.05) is 18.3 Å². The molecule has 0 aliphatic carbocycles. The first-order chi connectivity index (χ1) is 10.8. The third-order valence-electron chi connectivity index (χ3n) is 4.19. The number of fused-ring (bicyclic) bond motifs is 1. The van der Waals surface area contributed by atoms with Crippen molar-refractivity contribution in [1.29, 1.82) is 0 Å². The molecule has 1 aliphatic heterocycles. The summed E-state index contributed by atoms with van der Waals surface area (Å²) >= 11 is 0.